The molecule has 0 spiro atoms. The lowest BCUT2D eigenvalue weighted by Crippen LogP contribution is -2.38. The van der Waals surface area contributed by atoms with Gasteiger partial charge in [-0.3, -0.25) is 4.90 Å². The van der Waals surface area contributed by atoms with Gasteiger partial charge in [-0.2, -0.15) is 0 Å². The third-order valence-corrected chi connectivity index (χ3v) is 5.86. The van der Waals surface area contributed by atoms with Gasteiger partial charge in [-0.05, 0) is 45.6 Å². The maximum Gasteiger partial charge on any atom is 0.354 e. The molecular weight excluding hydrogens is 396 g/mol. The van der Waals surface area contributed by atoms with Crippen LogP contribution in [0.4, 0.5) is 0 Å². The minimum absolute atomic E-state index is 0.0203. The zero-order valence-electron chi connectivity index (χ0n) is 18.7. The first-order valence-electron chi connectivity index (χ1n) is 11.6. The first kappa shape index (κ1) is 22.0. The molecule has 0 radical (unpaired) electrons. The van der Waals surface area contributed by atoms with E-state index in [2.05, 4.69) is 9.88 Å². The van der Waals surface area contributed by atoms with Gasteiger partial charge in [-0.25, -0.2) is 4.79 Å². The molecule has 31 heavy (non-hydrogen) atoms. The fourth-order valence-corrected chi connectivity index (χ4v) is 4.25. The highest BCUT2D eigenvalue weighted by Crippen LogP contribution is 2.34. The number of aromatic amines is 1. The van der Waals surface area contributed by atoms with E-state index in [0.717, 1.165) is 68.1 Å². The Kier molecular flexibility index (Phi) is 7.35. The van der Waals surface area contributed by atoms with Gasteiger partial charge in [0, 0.05) is 37.2 Å². The number of carbonyl (C=O) groups excluding carboxylic acids is 1. The van der Waals surface area contributed by atoms with Crippen LogP contribution in [0.3, 0.4) is 0 Å². The van der Waals surface area contributed by atoms with Crippen LogP contribution in [-0.4, -0.2) is 67.5 Å². The number of esters is 1. The van der Waals surface area contributed by atoms with Crippen LogP contribution in [0.1, 0.15) is 56.4 Å². The standard InChI is InChI=1S/C24H34N2O5/c1-17(2)30-23-15-19(31-18-6-4-3-5-7-18)14-21-20(23)16-22(25-21)24(27)29-13-10-26-8-11-28-12-9-26/h14-18,25H,3-13H2,1-2H3. The largest absolute Gasteiger partial charge is 0.490 e. The summed E-state index contributed by atoms with van der Waals surface area (Å²) in [5.41, 5.74) is 1.25. The summed E-state index contributed by atoms with van der Waals surface area (Å²) in [6, 6.07) is 5.72. The van der Waals surface area contributed by atoms with Crippen molar-refractivity contribution < 1.29 is 23.7 Å². The number of nitrogens with one attached hydrogen (secondary N) is 1. The van der Waals surface area contributed by atoms with Crippen molar-refractivity contribution in [1.29, 1.82) is 0 Å². The molecule has 1 saturated carbocycles. The van der Waals surface area contributed by atoms with Gasteiger partial charge in [-0.15, -0.1) is 0 Å². The zero-order valence-corrected chi connectivity index (χ0v) is 18.7. The Morgan fingerprint density at radius 1 is 1.16 bits per heavy atom. The molecule has 1 N–H and O–H groups in total. The maximum absolute atomic E-state index is 12.6. The van der Waals surface area contributed by atoms with E-state index in [1.165, 1.54) is 19.3 Å². The van der Waals surface area contributed by atoms with Crippen molar-refractivity contribution in [2.24, 2.45) is 0 Å². The van der Waals surface area contributed by atoms with Crippen molar-refractivity contribution in [2.45, 2.75) is 58.2 Å². The van der Waals surface area contributed by atoms with Crippen molar-refractivity contribution in [3.8, 4) is 11.5 Å². The van der Waals surface area contributed by atoms with Crippen molar-refractivity contribution in [3.63, 3.8) is 0 Å². The molecule has 0 bridgehead atoms. The molecule has 0 atom stereocenters. The van der Waals surface area contributed by atoms with Crippen molar-refractivity contribution in [1.82, 2.24) is 9.88 Å². The lowest BCUT2D eigenvalue weighted by molar-refractivity contribution is 0.0193. The summed E-state index contributed by atoms with van der Waals surface area (Å²) in [4.78, 5) is 18.1. The van der Waals surface area contributed by atoms with E-state index in [1.807, 2.05) is 32.0 Å². The van der Waals surface area contributed by atoms with Crippen LogP contribution in [0, 0.1) is 0 Å². The summed E-state index contributed by atoms with van der Waals surface area (Å²) in [6.45, 7) is 8.30. The zero-order chi connectivity index (χ0) is 21.6. The Balaban J connectivity index is 1.46. The fourth-order valence-electron chi connectivity index (χ4n) is 4.25. The van der Waals surface area contributed by atoms with Crippen molar-refractivity contribution >= 4 is 16.9 Å². The van der Waals surface area contributed by atoms with E-state index in [-0.39, 0.29) is 18.2 Å². The number of carbonyl (C=O) groups is 1. The Labute approximate surface area is 184 Å². The highest BCUT2D eigenvalue weighted by Gasteiger charge is 2.19. The van der Waals surface area contributed by atoms with Gasteiger partial charge in [0.15, 0.2) is 0 Å². The molecule has 4 rings (SSSR count). The summed E-state index contributed by atoms with van der Waals surface area (Å²) in [5.74, 6) is 1.15. The number of ether oxygens (including phenoxy) is 4. The van der Waals surface area contributed by atoms with Gasteiger partial charge < -0.3 is 23.9 Å². The van der Waals surface area contributed by atoms with Crippen LogP contribution in [0.2, 0.25) is 0 Å². The molecule has 1 aromatic heterocycles. The summed E-state index contributed by atoms with van der Waals surface area (Å²) in [6.07, 6.45) is 6.16. The molecule has 2 aliphatic rings. The Bertz CT molecular complexity index is 866. The summed E-state index contributed by atoms with van der Waals surface area (Å²) >= 11 is 0. The van der Waals surface area contributed by atoms with E-state index in [4.69, 9.17) is 18.9 Å². The lowest BCUT2D eigenvalue weighted by Gasteiger charge is -2.26. The summed E-state index contributed by atoms with van der Waals surface area (Å²) < 4.78 is 23.2. The fraction of sp³-hybridized carbons (Fsp3) is 0.625. The summed E-state index contributed by atoms with van der Waals surface area (Å²) in [5, 5.41) is 0.866. The smallest absolute Gasteiger partial charge is 0.354 e. The molecular formula is C24H34N2O5. The molecule has 7 heteroatoms. The van der Waals surface area contributed by atoms with Gasteiger partial charge in [0.05, 0.1) is 30.9 Å². The SMILES string of the molecule is CC(C)Oc1cc(OC2CCCCC2)cc2[nH]c(C(=O)OCCN3CCOCC3)cc12. The molecule has 2 heterocycles. The lowest BCUT2D eigenvalue weighted by atomic mass is 9.98. The molecule has 2 fully saturated rings. The number of aromatic nitrogens is 1. The second-order valence-electron chi connectivity index (χ2n) is 8.70. The molecule has 1 aromatic carbocycles. The van der Waals surface area contributed by atoms with Gasteiger partial charge in [0.2, 0.25) is 0 Å². The van der Waals surface area contributed by atoms with Gasteiger partial charge in [-0.1, -0.05) is 6.42 Å². The molecule has 0 amide bonds. The average molecular weight is 431 g/mol. The summed E-state index contributed by atoms with van der Waals surface area (Å²) in [7, 11) is 0. The Morgan fingerprint density at radius 2 is 1.94 bits per heavy atom. The molecule has 1 saturated heterocycles. The van der Waals surface area contributed by atoms with E-state index < -0.39 is 0 Å². The highest BCUT2D eigenvalue weighted by atomic mass is 16.5. The average Bonchev–Trinajstić information content (AvgIpc) is 3.19. The number of fused-ring (bicyclic) bond motifs is 1. The Morgan fingerprint density at radius 3 is 2.68 bits per heavy atom. The second kappa shape index (κ2) is 10.4. The minimum Gasteiger partial charge on any atom is -0.490 e. The predicted molar refractivity (Wildman–Crippen MR) is 119 cm³/mol. The predicted octanol–water partition coefficient (Wildman–Crippen LogP) is 4.16. The topological polar surface area (TPSA) is 73.0 Å². The molecule has 2 aromatic rings. The normalized spacial score (nSPS) is 18.4. The molecule has 1 aliphatic heterocycles. The van der Waals surface area contributed by atoms with Crippen LogP contribution < -0.4 is 9.47 Å². The number of morpholine rings is 1. The van der Waals surface area contributed by atoms with E-state index in [1.54, 1.807) is 0 Å². The quantitative estimate of drug-likeness (QED) is 0.634. The van der Waals surface area contributed by atoms with E-state index in [0.29, 0.717) is 12.3 Å². The number of hydrogen-bond acceptors (Lipinski definition) is 6. The van der Waals surface area contributed by atoms with Crippen LogP contribution in [0.15, 0.2) is 18.2 Å². The van der Waals surface area contributed by atoms with Crippen molar-refractivity contribution in [2.75, 3.05) is 39.5 Å². The van der Waals surface area contributed by atoms with Gasteiger partial charge in [0.1, 0.15) is 23.8 Å². The molecule has 0 unspecified atom stereocenters. The van der Waals surface area contributed by atoms with Crippen LogP contribution >= 0.6 is 0 Å². The second-order valence-corrected chi connectivity index (χ2v) is 8.70. The minimum atomic E-state index is -0.352. The van der Waals surface area contributed by atoms with Crippen molar-refractivity contribution in [3.05, 3.63) is 23.9 Å². The number of hydrogen-bond donors (Lipinski definition) is 1. The number of nitrogens with zero attached hydrogens (tertiary/aromatic N) is 1. The number of benzene rings is 1. The molecule has 7 nitrogen and oxygen atoms in total. The van der Waals surface area contributed by atoms with E-state index in [9.17, 15) is 4.79 Å². The highest BCUT2D eigenvalue weighted by molar-refractivity contribution is 5.97. The first-order valence-corrected chi connectivity index (χ1v) is 11.6. The third-order valence-electron chi connectivity index (χ3n) is 5.86. The maximum atomic E-state index is 12.6. The Hall–Kier alpha value is -2.25. The molecule has 170 valence electrons. The van der Waals surface area contributed by atoms with Gasteiger partial charge >= 0.3 is 5.97 Å². The van der Waals surface area contributed by atoms with Crippen LogP contribution in [-0.2, 0) is 9.47 Å². The van der Waals surface area contributed by atoms with Crippen LogP contribution in [0.25, 0.3) is 10.9 Å². The number of H-pyrrole nitrogens is 1. The number of rotatable bonds is 8. The van der Waals surface area contributed by atoms with Crippen LogP contribution in [0.5, 0.6) is 11.5 Å². The monoisotopic (exact) mass is 430 g/mol. The van der Waals surface area contributed by atoms with E-state index >= 15 is 0 Å². The third kappa shape index (κ3) is 5.92. The van der Waals surface area contributed by atoms with Gasteiger partial charge in [0.25, 0.3) is 0 Å². The first-order chi connectivity index (χ1) is 15.1. The molecule has 1 aliphatic carbocycles.